The van der Waals surface area contributed by atoms with E-state index in [1.807, 2.05) is 13.8 Å². The summed E-state index contributed by atoms with van der Waals surface area (Å²) >= 11 is 1.27. The number of hydrogen-bond acceptors (Lipinski definition) is 6. The fourth-order valence-corrected chi connectivity index (χ4v) is 5.52. The molecule has 0 aliphatic carbocycles. The second kappa shape index (κ2) is 6.10. The van der Waals surface area contributed by atoms with E-state index in [1.54, 1.807) is 0 Å². The largest absolute Gasteiger partial charge is 0.480 e. The summed E-state index contributed by atoms with van der Waals surface area (Å²) in [7, 11) is -2.91. The molecule has 0 bridgehead atoms. The van der Waals surface area contributed by atoms with E-state index in [-0.39, 0.29) is 11.7 Å². The lowest BCUT2D eigenvalue weighted by molar-refractivity contribution is -0.141. The summed E-state index contributed by atoms with van der Waals surface area (Å²) < 4.78 is 29.6. The molecule has 1 saturated heterocycles. The average molecular weight is 311 g/mol. The number of ether oxygens (including phenoxy) is 1. The van der Waals surface area contributed by atoms with Crippen molar-refractivity contribution in [3.63, 3.8) is 0 Å². The van der Waals surface area contributed by atoms with E-state index in [0.717, 1.165) is 11.4 Å². The normalized spacial score (nSPS) is 24.6. The average Bonchev–Trinajstić information content (AvgIpc) is 2.73. The molecule has 9 heteroatoms. The van der Waals surface area contributed by atoms with Crippen LogP contribution >= 0.6 is 11.8 Å². The maximum absolute atomic E-state index is 12.2. The highest BCUT2D eigenvalue weighted by Gasteiger charge is 2.47. The first-order chi connectivity index (χ1) is 8.70. The van der Waals surface area contributed by atoms with Crippen LogP contribution in [0.2, 0.25) is 0 Å². The minimum Gasteiger partial charge on any atom is -0.480 e. The van der Waals surface area contributed by atoms with Gasteiger partial charge < -0.3 is 9.84 Å². The van der Waals surface area contributed by atoms with Gasteiger partial charge in [0.15, 0.2) is 5.75 Å². The number of carboxylic acids is 1. The van der Waals surface area contributed by atoms with E-state index < -0.39 is 39.1 Å². The Hall–Kier alpha value is -0.800. The summed E-state index contributed by atoms with van der Waals surface area (Å²) in [6.45, 7) is 3.62. The molecule has 7 nitrogen and oxygen atoms in total. The van der Waals surface area contributed by atoms with Crippen molar-refractivity contribution in [2.24, 2.45) is 5.92 Å². The highest BCUT2D eigenvalue weighted by Crippen LogP contribution is 2.36. The van der Waals surface area contributed by atoms with Gasteiger partial charge in [-0.1, -0.05) is 13.8 Å². The Kier molecular flexibility index (Phi) is 5.22. The molecule has 1 N–H and O–H groups in total. The Morgan fingerprint density at radius 2 is 2.05 bits per heavy atom. The van der Waals surface area contributed by atoms with E-state index >= 15 is 0 Å². The number of nitrogens with zero attached hydrogens (tertiary/aromatic N) is 1. The van der Waals surface area contributed by atoms with Crippen LogP contribution in [0.1, 0.15) is 13.8 Å². The van der Waals surface area contributed by atoms with Gasteiger partial charge >= 0.3 is 11.9 Å². The summed E-state index contributed by atoms with van der Waals surface area (Å²) in [5, 5.41) is 8.63. The summed E-state index contributed by atoms with van der Waals surface area (Å²) in [6, 6.07) is -1.13. The Balaban J connectivity index is 3.08. The first-order valence-electron chi connectivity index (χ1n) is 5.63. The minimum absolute atomic E-state index is 0.0539. The number of sulfonamides is 1. The molecule has 1 aliphatic rings. The van der Waals surface area contributed by atoms with E-state index in [9.17, 15) is 18.0 Å². The summed E-state index contributed by atoms with van der Waals surface area (Å²) in [5.74, 6) is -2.82. The molecule has 1 aliphatic heterocycles. The van der Waals surface area contributed by atoms with E-state index in [0.29, 0.717) is 0 Å². The molecule has 0 saturated carbocycles. The summed E-state index contributed by atoms with van der Waals surface area (Å²) in [6.07, 6.45) is 0. The van der Waals surface area contributed by atoms with Crippen molar-refractivity contribution in [2.75, 3.05) is 18.6 Å². The number of thioether (sulfide) groups is 1. The molecular weight excluding hydrogens is 294 g/mol. The van der Waals surface area contributed by atoms with Gasteiger partial charge in [0.05, 0.1) is 12.5 Å². The van der Waals surface area contributed by atoms with Crippen LogP contribution in [0.5, 0.6) is 0 Å². The van der Waals surface area contributed by atoms with E-state index in [4.69, 9.17) is 5.11 Å². The lowest BCUT2D eigenvalue weighted by Crippen LogP contribution is -2.48. The van der Waals surface area contributed by atoms with Gasteiger partial charge in [0.1, 0.15) is 6.04 Å². The van der Waals surface area contributed by atoms with Crippen LogP contribution in [0, 0.1) is 5.92 Å². The van der Waals surface area contributed by atoms with Crippen molar-refractivity contribution in [3.05, 3.63) is 0 Å². The molecule has 0 spiro atoms. The number of carboxylic acid groups (broad SMARTS) is 1. The van der Waals surface area contributed by atoms with Crippen molar-refractivity contribution in [1.29, 1.82) is 0 Å². The van der Waals surface area contributed by atoms with Gasteiger partial charge in [0, 0.05) is 5.75 Å². The molecule has 1 rings (SSSR count). The van der Waals surface area contributed by atoms with Crippen molar-refractivity contribution in [1.82, 2.24) is 4.31 Å². The third-order valence-electron chi connectivity index (χ3n) is 2.69. The Labute approximate surface area is 116 Å². The Morgan fingerprint density at radius 3 is 2.47 bits per heavy atom. The van der Waals surface area contributed by atoms with Crippen molar-refractivity contribution < 1.29 is 27.9 Å². The highest BCUT2D eigenvalue weighted by atomic mass is 32.2. The van der Waals surface area contributed by atoms with E-state index in [2.05, 4.69) is 4.74 Å². The van der Waals surface area contributed by atoms with Crippen LogP contribution in [0.4, 0.5) is 0 Å². The molecule has 0 aromatic rings. The van der Waals surface area contributed by atoms with Crippen LogP contribution in [0.15, 0.2) is 0 Å². The molecule has 0 aromatic heterocycles. The first kappa shape index (κ1) is 16.3. The Bertz CT molecular complexity index is 461. The predicted octanol–water partition coefficient (Wildman–Crippen LogP) is -0.0267. The van der Waals surface area contributed by atoms with Crippen LogP contribution < -0.4 is 0 Å². The number of aliphatic carboxylic acids is 1. The van der Waals surface area contributed by atoms with Crippen LogP contribution in [-0.2, 0) is 24.3 Å². The van der Waals surface area contributed by atoms with Crippen LogP contribution in [0.25, 0.3) is 0 Å². The number of hydrogen-bond donors (Lipinski definition) is 1. The topological polar surface area (TPSA) is 101 Å². The Morgan fingerprint density at radius 1 is 1.47 bits per heavy atom. The fraction of sp³-hybridized carbons (Fsp3) is 0.800. The SMILES string of the molecule is COC(=O)CS(=O)(=O)N1C(C(=O)O)CSC1C(C)C. The summed E-state index contributed by atoms with van der Waals surface area (Å²) in [4.78, 5) is 22.3. The number of esters is 1. The third-order valence-corrected chi connectivity index (χ3v) is 6.17. The fourth-order valence-electron chi connectivity index (χ4n) is 1.81. The third kappa shape index (κ3) is 3.61. The highest BCUT2D eigenvalue weighted by molar-refractivity contribution is 8.01. The lowest BCUT2D eigenvalue weighted by Gasteiger charge is -2.28. The van der Waals surface area contributed by atoms with Gasteiger partial charge in [0.2, 0.25) is 10.0 Å². The van der Waals surface area contributed by atoms with Crippen molar-refractivity contribution in [2.45, 2.75) is 25.3 Å². The lowest BCUT2D eigenvalue weighted by atomic mass is 10.2. The smallest absolute Gasteiger partial charge is 0.322 e. The first-order valence-corrected chi connectivity index (χ1v) is 8.29. The molecule has 2 atom stereocenters. The predicted molar refractivity (Wildman–Crippen MR) is 70.1 cm³/mol. The zero-order valence-electron chi connectivity index (χ0n) is 10.9. The maximum Gasteiger partial charge on any atom is 0.322 e. The second-order valence-electron chi connectivity index (χ2n) is 4.48. The van der Waals surface area contributed by atoms with Crippen molar-refractivity contribution >= 4 is 33.7 Å². The standard InChI is InChI=1S/C10H17NO6S2/c1-6(2)9-11(7(4-18-9)10(13)14)19(15,16)5-8(12)17-3/h6-7,9H,4-5H2,1-3H3,(H,13,14). The van der Waals surface area contributed by atoms with Gasteiger partial charge in [-0.3, -0.25) is 9.59 Å². The molecule has 0 amide bonds. The van der Waals surface area contributed by atoms with Crippen LogP contribution in [-0.4, -0.2) is 59.8 Å². The molecule has 1 heterocycles. The van der Waals surface area contributed by atoms with Gasteiger partial charge in [0.25, 0.3) is 0 Å². The zero-order chi connectivity index (χ0) is 14.8. The number of rotatable bonds is 5. The van der Waals surface area contributed by atoms with Gasteiger partial charge in [-0.25, -0.2) is 8.42 Å². The van der Waals surface area contributed by atoms with E-state index in [1.165, 1.54) is 11.8 Å². The molecule has 1 fully saturated rings. The number of carbonyl (C=O) groups is 2. The summed E-state index contributed by atoms with van der Waals surface area (Å²) in [5.41, 5.74) is 0. The van der Waals surface area contributed by atoms with Crippen molar-refractivity contribution in [3.8, 4) is 0 Å². The monoisotopic (exact) mass is 311 g/mol. The van der Waals surface area contributed by atoms with Gasteiger partial charge in [-0.05, 0) is 5.92 Å². The molecule has 0 radical (unpaired) electrons. The number of methoxy groups -OCH3 is 1. The maximum atomic E-state index is 12.2. The molecule has 19 heavy (non-hydrogen) atoms. The second-order valence-corrected chi connectivity index (χ2v) is 7.51. The molecule has 0 aromatic carbocycles. The molecular formula is C10H17NO6S2. The molecule has 2 unspecified atom stereocenters. The molecule has 110 valence electrons. The van der Waals surface area contributed by atoms with Crippen LogP contribution in [0.3, 0.4) is 0 Å². The van der Waals surface area contributed by atoms with Gasteiger partial charge in [-0.2, -0.15) is 4.31 Å². The minimum atomic E-state index is -4.00. The quantitative estimate of drug-likeness (QED) is 0.712. The zero-order valence-corrected chi connectivity index (χ0v) is 12.5. The number of carbonyl (C=O) groups excluding carboxylic acids is 1. The van der Waals surface area contributed by atoms with Gasteiger partial charge in [-0.15, -0.1) is 11.8 Å².